The third-order valence-electron chi connectivity index (χ3n) is 5.01. The van der Waals surface area contributed by atoms with Crippen molar-refractivity contribution in [1.82, 2.24) is 15.4 Å². The lowest BCUT2D eigenvalue weighted by Gasteiger charge is -2.22. The van der Waals surface area contributed by atoms with Crippen molar-refractivity contribution in [1.29, 1.82) is 0 Å². The van der Waals surface area contributed by atoms with Gasteiger partial charge < -0.3 is 14.7 Å². The molecule has 156 valence electrons. The number of nitrogens with zero attached hydrogens (tertiary/aromatic N) is 2. The average Bonchev–Trinajstić information content (AvgIpc) is 3.19. The summed E-state index contributed by atoms with van der Waals surface area (Å²) in [5.41, 5.74) is 1.94. The first-order valence-corrected chi connectivity index (χ1v) is 9.62. The van der Waals surface area contributed by atoms with Crippen LogP contribution in [0.15, 0.2) is 77.0 Å². The van der Waals surface area contributed by atoms with Gasteiger partial charge in [0.05, 0.1) is 0 Å². The molecule has 0 saturated carbocycles. The number of hydrogen-bond acceptors (Lipinski definition) is 4. The van der Waals surface area contributed by atoms with E-state index in [1.54, 1.807) is 32.2 Å². The summed E-state index contributed by atoms with van der Waals surface area (Å²) in [6, 6.07) is 10.1. The van der Waals surface area contributed by atoms with Gasteiger partial charge in [-0.25, -0.2) is 4.39 Å². The number of benzene rings is 1. The molecule has 1 aromatic heterocycles. The smallest absolute Gasteiger partial charge is 0.274 e. The number of alkyl halides is 1. The number of nitrogens with one attached hydrogen (secondary N) is 1. The lowest BCUT2D eigenvalue weighted by molar-refractivity contribution is -0.130. The minimum atomic E-state index is -1.38. The van der Waals surface area contributed by atoms with Crippen molar-refractivity contribution in [2.24, 2.45) is 0 Å². The van der Waals surface area contributed by atoms with Crippen LogP contribution in [0.4, 0.5) is 4.39 Å². The molecule has 2 aromatic rings. The van der Waals surface area contributed by atoms with Crippen molar-refractivity contribution < 1.29 is 18.5 Å². The highest BCUT2D eigenvalue weighted by molar-refractivity contribution is 5.96. The Kier molecular flexibility index (Phi) is 6.61. The fraction of sp³-hybridized carbons (Fsp3) is 0.261. The number of halogens is 1. The fourth-order valence-corrected chi connectivity index (χ4v) is 3.32. The maximum absolute atomic E-state index is 14.7. The van der Waals surface area contributed by atoms with Crippen LogP contribution in [0.25, 0.3) is 0 Å². The van der Waals surface area contributed by atoms with Gasteiger partial charge in [0.1, 0.15) is 18.0 Å². The highest BCUT2D eigenvalue weighted by Gasteiger charge is 2.34. The van der Waals surface area contributed by atoms with E-state index in [0.717, 1.165) is 5.56 Å². The molecule has 1 aromatic carbocycles. The Morgan fingerprint density at radius 2 is 2.13 bits per heavy atom. The van der Waals surface area contributed by atoms with Gasteiger partial charge in [-0.2, -0.15) is 0 Å². The quantitative estimate of drug-likeness (QED) is 0.740. The van der Waals surface area contributed by atoms with Gasteiger partial charge in [0.25, 0.3) is 5.91 Å². The first-order chi connectivity index (χ1) is 14.4. The molecule has 1 N–H and O–H groups in total. The Hall–Kier alpha value is -3.48. The molecule has 1 aliphatic heterocycles. The van der Waals surface area contributed by atoms with Crippen molar-refractivity contribution in [2.45, 2.75) is 32.0 Å². The number of hydrogen-bond donors (Lipinski definition) is 1. The van der Waals surface area contributed by atoms with Crippen LogP contribution in [-0.2, 0) is 11.2 Å². The molecule has 1 aliphatic rings. The second-order valence-corrected chi connectivity index (χ2v) is 7.13. The summed E-state index contributed by atoms with van der Waals surface area (Å²) in [4.78, 5) is 26.8. The van der Waals surface area contributed by atoms with Crippen LogP contribution in [0.2, 0.25) is 0 Å². The van der Waals surface area contributed by atoms with Crippen LogP contribution >= 0.6 is 0 Å². The summed E-state index contributed by atoms with van der Waals surface area (Å²) >= 11 is 0. The minimum absolute atomic E-state index is 0.0486. The third-order valence-corrected chi connectivity index (χ3v) is 5.01. The number of aromatic nitrogens is 1. The van der Waals surface area contributed by atoms with Crippen molar-refractivity contribution >= 4 is 11.8 Å². The van der Waals surface area contributed by atoms with E-state index in [0.29, 0.717) is 23.5 Å². The largest absolute Gasteiger partial charge is 0.360 e. The van der Waals surface area contributed by atoms with Gasteiger partial charge in [0.2, 0.25) is 5.91 Å². The zero-order valence-electron chi connectivity index (χ0n) is 17.0. The van der Waals surface area contributed by atoms with Gasteiger partial charge in [0, 0.05) is 31.7 Å². The molecule has 0 fully saturated rings. The lowest BCUT2D eigenvalue weighted by atomic mass is 10.0. The van der Waals surface area contributed by atoms with Crippen molar-refractivity contribution in [2.75, 3.05) is 7.05 Å². The number of carbonyl (C=O) groups excluding carboxylic acids is 2. The van der Waals surface area contributed by atoms with Crippen molar-refractivity contribution in [3.05, 3.63) is 89.5 Å². The van der Waals surface area contributed by atoms with Gasteiger partial charge in [-0.05, 0) is 24.1 Å². The number of carbonyl (C=O) groups is 2. The molecule has 30 heavy (non-hydrogen) atoms. The minimum Gasteiger partial charge on any atom is -0.360 e. The molecule has 2 heterocycles. The topological polar surface area (TPSA) is 75.4 Å². The Bertz CT molecular complexity index is 994. The van der Waals surface area contributed by atoms with Crippen molar-refractivity contribution in [3.63, 3.8) is 0 Å². The van der Waals surface area contributed by atoms with Crippen LogP contribution in [-0.4, -0.2) is 41.1 Å². The Balaban J connectivity index is 1.72. The third kappa shape index (κ3) is 4.74. The van der Waals surface area contributed by atoms with E-state index in [-0.39, 0.29) is 12.1 Å². The Morgan fingerprint density at radius 3 is 2.83 bits per heavy atom. The Morgan fingerprint density at radius 1 is 1.40 bits per heavy atom. The summed E-state index contributed by atoms with van der Waals surface area (Å²) < 4.78 is 20.0. The van der Waals surface area contributed by atoms with E-state index in [9.17, 15) is 14.0 Å². The summed E-state index contributed by atoms with van der Waals surface area (Å²) in [6.45, 7) is 5.23. The summed E-state index contributed by atoms with van der Waals surface area (Å²) in [5.74, 6) is -0.465. The standard InChI is InChI=1S/C23H24FN3O3/c1-4-5-11-21-15(2)18(24)14-20(23(29)27(21)3)25-22(28)19-13-17(30-26-19)12-16-9-7-6-8-10-16/h4-11,13,18,20H,1,12,14H2,2-3H3,(H,25,28)/b11-5-. The van der Waals surface area contributed by atoms with E-state index in [4.69, 9.17) is 4.52 Å². The van der Waals surface area contributed by atoms with Gasteiger partial charge in [-0.3, -0.25) is 9.59 Å². The lowest BCUT2D eigenvalue weighted by Crippen LogP contribution is -2.46. The molecule has 0 spiro atoms. The second-order valence-electron chi connectivity index (χ2n) is 7.13. The molecule has 2 amide bonds. The molecular formula is C23H24FN3O3. The zero-order chi connectivity index (χ0) is 21.7. The molecule has 0 aliphatic carbocycles. The summed E-state index contributed by atoms with van der Waals surface area (Å²) in [5, 5.41) is 6.39. The summed E-state index contributed by atoms with van der Waals surface area (Å²) in [7, 11) is 1.56. The average molecular weight is 409 g/mol. The van der Waals surface area contributed by atoms with Crippen molar-refractivity contribution in [3.8, 4) is 0 Å². The van der Waals surface area contributed by atoms with E-state index in [1.165, 1.54) is 11.0 Å². The van der Waals surface area contributed by atoms with E-state index in [1.807, 2.05) is 30.3 Å². The van der Waals surface area contributed by atoms with Crippen LogP contribution < -0.4 is 5.32 Å². The molecule has 3 rings (SSSR count). The second kappa shape index (κ2) is 9.35. The predicted octanol–water partition coefficient (Wildman–Crippen LogP) is 3.58. The van der Waals surface area contributed by atoms with Crippen LogP contribution in [0.3, 0.4) is 0 Å². The van der Waals surface area contributed by atoms with Gasteiger partial charge >= 0.3 is 0 Å². The maximum Gasteiger partial charge on any atom is 0.274 e. The van der Waals surface area contributed by atoms with Gasteiger partial charge in [-0.15, -0.1) is 0 Å². The monoisotopic (exact) mass is 409 g/mol. The molecule has 0 saturated heterocycles. The molecule has 2 unspecified atom stereocenters. The first kappa shape index (κ1) is 21.2. The van der Waals surface area contributed by atoms with Crippen LogP contribution in [0.1, 0.15) is 35.2 Å². The number of allylic oxidation sites excluding steroid dienone is 4. The number of rotatable bonds is 6. The highest BCUT2D eigenvalue weighted by atomic mass is 19.1. The molecule has 0 radical (unpaired) electrons. The zero-order valence-corrected chi connectivity index (χ0v) is 17.0. The highest BCUT2D eigenvalue weighted by Crippen LogP contribution is 2.25. The van der Waals surface area contributed by atoms with Gasteiger partial charge in [-0.1, -0.05) is 54.2 Å². The molecule has 2 atom stereocenters. The van der Waals surface area contributed by atoms with Crippen LogP contribution in [0, 0.1) is 0 Å². The normalized spacial score (nSPS) is 19.8. The van der Waals surface area contributed by atoms with E-state index < -0.39 is 24.0 Å². The molecular weight excluding hydrogens is 385 g/mol. The SMILES string of the molecule is C=C/C=C\C1=C(C)C(F)CC(NC(=O)c2cc(Cc3ccccc3)on2)C(=O)N1C. The number of likely N-dealkylation sites (N-methyl/N-ethyl adjacent to an activating group) is 1. The van der Waals surface area contributed by atoms with Gasteiger partial charge in [0.15, 0.2) is 5.69 Å². The number of amides is 2. The molecule has 6 nitrogen and oxygen atoms in total. The van der Waals surface area contributed by atoms with Crippen LogP contribution in [0.5, 0.6) is 0 Å². The summed E-state index contributed by atoms with van der Waals surface area (Å²) in [6.07, 6.45) is 3.78. The predicted molar refractivity (Wildman–Crippen MR) is 111 cm³/mol. The Labute approximate surface area is 174 Å². The maximum atomic E-state index is 14.7. The van der Waals surface area contributed by atoms with E-state index >= 15 is 0 Å². The van der Waals surface area contributed by atoms with E-state index in [2.05, 4.69) is 17.1 Å². The fourth-order valence-electron chi connectivity index (χ4n) is 3.32. The molecule has 0 bridgehead atoms. The molecule has 7 heteroatoms. The first-order valence-electron chi connectivity index (χ1n) is 9.62.